The molecule has 2 unspecified atom stereocenters. The Morgan fingerprint density at radius 1 is 1.04 bits per heavy atom. The van der Waals surface area contributed by atoms with Gasteiger partial charge in [-0.05, 0) is 35.6 Å². The summed E-state index contributed by atoms with van der Waals surface area (Å²) in [5.74, 6) is -0.0873. The molecule has 28 heavy (non-hydrogen) atoms. The number of aliphatic hydroxyl groups is 1. The number of morpholine rings is 1. The monoisotopic (exact) mass is 407 g/mol. The smallest absolute Gasteiger partial charge is 0.123 e. The molecule has 0 aliphatic carbocycles. The molecule has 154 valence electrons. The Balaban J connectivity index is 0.00000280. The molecule has 3 rings (SSSR count). The summed E-state index contributed by atoms with van der Waals surface area (Å²) in [4.78, 5) is 2.36. The van der Waals surface area contributed by atoms with Gasteiger partial charge in [0.05, 0.1) is 18.8 Å². The van der Waals surface area contributed by atoms with Gasteiger partial charge in [-0.3, -0.25) is 4.90 Å². The largest absolute Gasteiger partial charge is 0.384 e. The maximum Gasteiger partial charge on any atom is 0.123 e. The van der Waals surface area contributed by atoms with Crippen LogP contribution in [0.2, 0.25) is 0 Å². The number of benzene rings is 2. The number of hydrogen-bond donors (Lipinski definition) is 1. The normalized spacial score (nSPS) is 18.3. The number of rotatable bonds is 7. The van der Waals surface area contributed by atoms with Crippen LogP contribution >= 0.6 is 12.4 Å². The van der Waals surface area contributed by atoms with E-state index < -0.39 is 5.60 Å². The topological polar surface area (TPSA) is 32.7 Å². The minimum absolute atomic E-state index is 0. The lowest BCUT2D eigenvalue weighted by molar-refractivity contribution is -0.0356. The van der Waals surface area contributed by atoms with Crippen molar-refractivity contribution in [2.75, 3.05) is 32.8 Å². The molecule has 0 bridgehead atoms. The van der Waals surface area contributed by atoms with Crippen molar-refractivity contribution in [3.63, 3.8) is 0 Å². The van der Waals surface area contributed by atoms with E-state index in [1.54, 1.807) is 12.1 Å². The van der Waals surface area contributed by atoms with E-state index in [-0.39, 0.29) is 24.1 Å². The minimum atomic E-state index is -1.07. The van der Waals surface area contributed by atoms with Crippen LogP contribution in [0.5, 0.6) is 0 Å². The summed E-state index contributed by atoms with van der Waals surface area (Å²) >= 11 is 0. The Morgan fingerprint density at radius 3 is 2.21 bits per heavy atom. The number of halogens is 2. The molecule has 2 atom stereocenters. The number of hydrogen-bond acceptors (Lipinski definition) is 3. The van der Waals surface area contributed by atoms with Gasteiger partial charge in [-0.25, -0.2) is 4.39 Å². The zero-order valence-corrected chi connectivity index (χ0v) is 17.5. The van der Waals surface area contributed by atoms with Gasteiger partial charge >= 0.3 is 0 Å². The highest BCUT2D eigenvalue weighted by Crippen LogP contribution is 2.42. The first-order valence-electron chi connectivity index (χ1n) is 9.82. The fraction of sp³-hybridized carbons (Fsp3) is 0.478. The van der Waals surface area contributed by atoms with Crippen LogP contribution in [0.3, 0.4) is 0 Å². The molecule has 1 aliphatic rings. The molecule has 1 heterocycles. The predicted molar refractivity (Wildman–Crippen MR) is 113 cm³/mol. The Labute approximate surface area is 173 Å². The van der Waals surface area contributed by atoms with Crippen LogP contribution in [-0.2, 0) is 10.3 Å². The fourth-order valence-electron chi connectivity index (χ4n) is 4.08. The SMILES string of the molecule is CC(C)CC(O)(c1ccc(F)cc1)C(CN1CCOCC1)c1ccccc1.Cl. The molecule has 0 saturated carbocycles. The van der Waals surface area contributed by atoms with Crippen molar-refractivity contribution in [1.29, 1.82) is 0 Å². The third kappa shape index (κ3) is 5.54. The zero-order chi connectivity index (χ0) is 19.3. The van der Waals surface area contributed by atoms with E-state index in [1.807, 2.05) is 18.2 Å². The molecule has 0 spiro atoms. The van der Waals surface area contributed by atoms with Crippen molar-refractivity contribution in [2.45, 2.75) is 31.8 Å². The molecule has 1 fully saturated rings. The third-order valence-corrected chi connectivity index (χ3v) is 5.39. The molecule has 1 N–H and O–H groups in total. The summed E-state index contributed by atoms with van der Waals surface area (Å²) in [5.41, 5.74) is 0.817. The average molecular weight is 408 g/mol. The summed E-state index contributed by atoms with van der Waals surface area (Å²) in [7, 11) is 0. The van der Waals surface area contributed by atoms with Crippen LogP contribution in [-0.4, -0.2) is 42.9 Å². The molecule has 5 heteroatoms. The van der Waals surface area contributed by atoms with E-state index in [4.69, 9.17) is 4.74 Å². The second kappa shape index (κ2) is 10.4. The van der Waals surface area contributed by atoms with Gasteiger partial charge < -0.3 is 9.84 Å². The fourth-order valence-corrected chi connectivity index (χ4v) is 4.08. The van der Waals surface area contributed by atoms with E-state index in [0.29, 0.717) is 12.3 Å². The predicted octanol–water partition coefficient (Wildman–Crippen LogP) is 4.60. The lowest BCUT2D eigenvalue weighted by Gasteiger charge is -2.41. The molecule has 1 aliphatic heterocycles. The minimum Gasteiger partial charge on any atom is -0.384 e. The lowest BCUT2D eigenvalue weighted by Crippen LogP contribution is -2.45. The third-order valence-electron chi connectivity index (χ3n) is 5.39. The van der Waals surface area contributed by atoms with Crippen LogP contribution in [0.15, 0.2) is 54.6 Å². The Bertz CT molecular complexity index is 704. The molecular weight excluding hydrogens is 377 g/mol. The van der Waals surface area contributed by atoms with Crippen molar-refractivity contribution in [2.24, 2.45) is 5.92 Å². The van der Waals surface area contributed by atoms with Gasteiger partial charge in [0.1, 0.15) is 5.82 Å². The highest BCUT2D eigenvalue weighted by molar-refractivity contribution is 5.85. The molecule has 0 radical (unpaired) electrons. The van der Waals surface area contributed by atoms with Crippen molar-refractivity contribution in [1.82, 2.24) is 4.90 Å². The van der Waals surface area contributed by atoms with Crippen LogP contribution in [0.25, 0.3) is 0 Å². The van der Waals surface area contributed by atoms with Crippen LogP contribution < -0.4 is 0 Å². The van der Waals surface area contributed by atoms with Gasteiger partial charge in [0.25, 0.3) is 0 Å². The van der Waals surface area contributed by atoms with E-state index in [9.17, 15) is 9.50 Å². The van der Waals surface area contributed by atoms with Crippen molar-refractivity contribution in [3.05, 3.63) is 71.5 Å². The Morgan fingerprint density at radius 2 is 1.64 bits per heavy atom. The maximum atomic E-state index is 13.5. The highest BCUT2D eigenvalue weighted by atomic mass is 35.5. The molecular formula is C23H31ClFNO2. The molecule has 2 aromatic rings. The molecule has 2 aromatic carbocycles. The first kappa shape index (κ1) is 22.8. The van der Waals surface area contributed by atoms with Crippen molar-refractivity contribution >= 4 is 12.4 Å². The van der Waals surface area contributed by atoms with E-state index >= 15 is 0 Å². The highest BCUT2D eigenvalue weighted by Gasteiger charge is 2.41. The summed E-state index contributed by atoms with van der Waals surface area (Å²) in [6.45, 7) is 8.15. The van der Waals surface area contributed by atoms with E-state index in [2.05, 4.69) is 30.9 Å². The molecule has 1 saturated heterocycles. The van der Waals surface area contributed by atoms with Crippen LogP contribution in [0.1, 0.15) is 37.3 Å². The second-order valence-electron chi connectivity index (χ2n) is 7.91. The van der Waals surface area contributed by atoms with Gasteiger partial charge in [-0.2, -0.15) is 0 Å². The summed E-state index contributed by atoms with van der Waals surface area (Å²) in [6.07, 6.45) is 0.614. The van der Waals surface area contributed by atoms with E-state index in [0.717, 1.165) is 44.0 Å². The Hall–Kier alpha value is -1.46. The van der Waals surface area contributed by atoms with Gasteiger partial charge in [0, 0.05) is 25.6 Å². The van der Waals surface area contributed by atoms with Crippen molar-refractivity contribution < 1.29 is 14.2 Å². The lowest BCUT2D eigenvalue weighted by atomic mass is 9.72. The maximum absolute atomic E-state index is 13.5. The summed E-state index contributed by atoms with van der Waals surface area (Å²) in [6, 6.07) is 16.5. The molecule has 0 aromatic heterocycles. The Kier molecular flexibility index (Phi) is 8.44. The average Bonchev–Trinajstić information content (AvgIpc) is 2.67. The van der Waals surface area contributed by atoms with E-state index in [1.165, 1.54) is 12.1 Å². The number of ether oxygens (including phenoxy) is 1. The molecule has 0 amide bonds. The van der Waals surface area contributed by atoms with Gasteiger partial charge in [-0.15, -0.1) is 12.4 Å². The quantitative estimate of drug-likeness (QED) is 0.728. The first-order chi connectivity index (χ1) is 13.0. The standard InChI is InChI=1S/C23H30FNO2.ClH/c1-18(2)16-23(26,20-8-10-21(24)11-9-20)22(19-6-4-3-5-7-19)17-25-12-14-27-15-13-25;/h3-11,18,22,26H,12-17H2,1-2H3;1H. The summed E-state index contributed by atoms with van der Waals surface area (Å²) < 4.78 is 19.0. The second-order valence-corrected chi connectivity index (χ2v) is 7.91. The molecule has 3 nitrogen and oxygen atoms in total. The van der Waals surface area contributed by atoms with Crippen molar-refractivity contribution in [3.8, 4) is 0 Å². The van der Waals surface area contributed by atoms with Gasteiger partial charge in [0.2, 0.25) is 0 Å². The van der Waals surface area contributed by atoms with Gasteiger partial charge in [0.15, 0.2) is 0 Å². The van der Waals surface area contributed by atoms with Crippen LogP contribution in [0.4, 0.5) is 4.39 Å². The summed E-state index contributed by atoms with van der Waals surface area (Å²) in [5, 5.41) is 12.0. The number of nitrogens with zero attached hydrogens (tertiary/aromatic N) is 1. The zero-order valence-electron chi connectivity index (χ0n) is 16.7. The van der Waals surface area contributed by atoms with Gasteiger partial charge in [-0.1, -0.05) is 56.3 Å². The first-order valence-corrected chi connectivity index (χ1v) is 9.82. The van der Waals surface area contributed by atoms with Crippen LogP contribution in [0, 0.1) is 11.7 Å².